The first-order chi connectivity index (χ1) is 15.4. The van der Waals surface area contributed by atoms with Gasteiger partial charge in [-0.05, 0) is 80.0 Å². The molecular formula is C27H32O5. The number of aryl methyl sites for hydroxylation is 1. The number of hydrogen-bond acceptors (Lipinski definition) is 4. The van der Waals surface area contributed by atoms with Crippen molar-refractivity contribution in [1.82, 2.24) is 0 Å². The average Bonchev–Trinajstić information content (AvgIpc) is 3.22. The highest BCUT2D eigenvalue weighted by molar-refractivity contribution is 5.91. The van der Waals surface area contributed by atoms with Crippen molar-refractivity contribution in [2.24, 2.45) is 0 Å². The predicted octanol–water partition coefficient (Wildman–Crippen LogP) is 6.23. The molecule has 1 aliphatic rings. The van der Waals surface area contributed by atoms with Crippen molar-refractivity contribution >= 4 is 16.9 Å². The first-order valence-electron chi connectivity index (χ1n) is 11.6. The number of carbonyl (C=O) groups is 1. The summed E-state index contributed by atoms with van der Waals surface area (Å²) in [4.78, 5) is 11.3. The van der Waals surface area contributed by atoms with Gasteiger partial charge in [0.1, 0.15) is 17.4 Å². The van der Waals surface area contributed by atoms with Gasteiger partial charge in [-0.1, -0.05) is 38.5 Å². The summed E-state index contributed by atoms with van der Waals surface area (Å²) >= 11 is 0. The third-order valence-electron chi connectivity index (χ3n) is 7.16. The van der Waals surface area contributed by atoms with Crippen LogP contribution in [-0.2, 0) is 5.41 Å². The molecule has 2 atom stereocenters. The molecule has 0 radical (unpaired) electrons. The van der Waals surface area contributed by atoms with Crippen LogP contribution in [0.15, 0.2) is 46.9 Å². The summed E-state index contributed by atoms with van der Waals surface area (Å²) in [6.45, 7) is 6.43. The van der Waals surface area contributed by atoms with Crippen LogP contribution in [0.25, 0.3) is 11.0 Å². The number of ether oxygens (including phenoxy) is 1. The molecular weight excluding hydrogens is 404 g/mol. The average molecular weight is 437 g/mol. The number of benzene rings is 2. The van der Waals surface area contributed by atoms with Crippen LogP contribution in [0.4, 0.5) is 0 Å². The highest BCUT2D eigenvalue weighted by Gasteiger charge is 2.32. The van der Waals surface area contributed by atoms with E-state index in [1.54, 1.807) is 6.07 Å². The zero-order valence-electron chi connectivity index (χ0n) is 19.1. The van der Waals surface area contributed by atoms with Crippen LogP contribution in [0.2, 0.25) is 0 Å². The summed E-state index contributed by atoms with van der Waals surface area (Å²) in [5.74, 6) is -0.274. The molecule has 0 aliphatic heterocycles. The van der Waals surface area contributed by atoms with Crippen LogP contribution in [0, 0.1) is 6.92 Å². The number of fused-ring (bicyclic) bond motifs is 1. The van der Waals surface area contributed by atoms with Crippen LogP contribution < -0.4 is 4.74 Å². The molecule has 0 unspecified atom stereocenters. The lowest BCUT2D eigenvalue weighted by atomic mass is 9.70. The van der Waals surface area contributed by atoms with Crippen LogP contribution in [0.3, 0.4) is 0 Å². The van der Waals surface area contributed by atoms with Crippen molar-refractivity contribution in [3.05, 3.63) is 64.9 Å². The van der Waals surface area contributed by atoms with Gasteiger partial charge in [-0.2, -0.15) is 0 Å². The van der Waals surface area contributed by atoms with E-state index in [9.17, 15) is 15.0 Å². The first kappa shape index (κ1) is 22.4. The monoisotopic (exact) mass is 436 g/mol. The smallest absolute Gasteiger partial charge is 0.371 e. The Hall–Kier alpha value is -2.79. The summed E-state index contributed by atoms with van der Waals surface area (Å²) in [5.41, 5.74) is 3.78. The summed E-state index contributed by atoms with van der Waals surface area (Å²) in [6, 6.07) is 13.9. The molecule has 5 heteroatoms. The Balaban J connectivity index is 1.69. The number of rotatable bonds is 7. The molecule has 170 valence electrons. The van der Waals surface area contributed by atoms with Crippen molar-refractivity contribution in [1.29, 1.82) is 0 Å². The van der Waals surface area contributed by atoms with E-state index in [2.05, 4.69) is 39.0 Å². The summed E-state index contributed by atoms with van der Waals surface area (Å²) in [5, 5.41) is 20.3. The molecule has 32 heavy (non-hydrogen) atoms. The lowest BCUT2D eigenvalue weighted by Gasteiger charge is -2.34. The van der Waals surface area contributed by atoms with E-state index < -0.39 is 12.1 Å². The highest BCUT2D eigenvalue weighted by Crippen LogP contribution is 2.41. The van der Waals surface area contributed by atoms with E-state index in [0.29, 0.717) is 5.58 Å². The number of aliphatic hydroxyl groups excluding tert-OH is 1. The minimum Gasteiger partial charge on any atom is -0.487 e. The number of furan rings is 1. The highest BCUT2D eigenvalue weighted by atomic mass is 16.5. The topological polar surface area (TPSA) is 79.9 Å². The van der Waals surface area contributed by atoms with Crippen LogP contribution in [-0.4, -0.2) is 28.4 Å². The largest absolute Gasteiger partial charge is 0.487 e. The van der Waals surface area contributed by atoms with Gasteiger partial charge in [-0.25, -0.2) is 4.79 Å². The zero-order chi connectivity index (χ0) is 22.9. The first-order valence-corrected chi connectivity index (χ1v) is 11.6. The molecule has 1 fully saturated rings. The summed E-state index contributed by atoms with van der Waals surface area (Å²) in [6.07, 6.45) is 5.11. The normalized spacial score (nSPS) is 19.2. The third kappa shape index (κ3) is 4.02. The second-order valence-electron chi connectivity index (χ2n) is 8.95. The Morgan fingerprint density at radius 1 is 1.06 bits per heavy atom. The Morgan fingerprint density at radius 2 is 1.75 bits per heavy atom. The fraction of sp³-hybridized carbons (Fsp3) is 0.444. The Morgan fingerprint density at radius 3 is 2.41 bits per heavy atom. The minimum atomic E-state index is -1.06. The quantitative estimate of drug-likeness (QED) is 0.459. The summed E-state index contributed by atoms with van der Waals surface area (Å²) in [7, 11) is 0. The summed E-state index contributed by atoms with van der Waals surface area (Å²) < 4.78 is 11.7. The predicted molar refractivity (Wildman–Crippen MR) is 125 cm³/mol. The number of carboxylic acid groups (broad SMARTS) is 1. The van der Waals surface area contributed by atoms with Crippen molar-refractivity contribution in [2.45, 2.75) is 76.9 Å². The molecule has 1 heterocycles. The van der Waals surface area contributed by atoms with Crippen molar-refractivity contribution in [3.63, 3.8) is 0 Å². The molecule has 0 amide bonds. The van der Waals surface area contributed by atoms with Gasteiger partial charge in [0.2, 0.25) is 5.76 Å². The van der Waals surface area contributed by atoms with Gasteiger partial charge in [-0.15, -0.1) is 0 Å². The van der Waals surface area contributed by atoms with Gasteiger partial charge in [-0.3, -0.25) is 0 Å². The van der Waals surface area contributed by atoms with Crippen LogP contribution >= 0.6 is 0 Å². The van der Waals surface area contributed by atoms with Gasteiger partial charge >= 0.3 is 5.97 Å². The lowest BCUT2D eigenvalue weighted by Crippen LogP contribution is -2.34. The minimum absolute atomic E-state index is 0.0435. The molecule has 1 aliphatic carbocycles. The Kier molecular flexibility index (Phi) is 6.29. The molecule has 3 aromatic rings. The number of aromatic carboxylic acids is 1. The van der Waals surface area contributed by atoms with Gasteiger partial charge in [0.05, 0.1) is 6.10 Å². The second-order valence-corrected chi connectivity index (χ2v) is 8.95. The van der Waals surface area contributed by atoms with Crippen LogP contribution in [0.5, 0.6) is 5.75 Å². The van der Waals surface area contributed by atoms with Crippen LogP contribution in [0.1, 0.15) is 79.6 Å². The molecule has 5 nitrogen and oxygen atoms in total. The van der Waals surface area contributed by atoms with Gasteiger partial charge in [0, 0.05) is 10.8 Å². The zero-order valence-corrected chi connectivity index (χ0v) is 19.1. The van der Waals surface area contributed by atoms with Gasteiger partial charge in [0.15, 0.2) is 0 Å². The molecule has 0 saturated heterocycles. The molecule has 4 rings (SSSR count). The molecule has 1 aromatic heterocycles. The van der Waals surface area contributed by atoms with Crippen molar-refractivity contribution < 1.29 is 24.2 Å². The van der Waals surface area contributed by atoms with Crippen molar-refractivity contribution in [3.8, 4) is 5.75 Å². The maximum Gasteiger partial charge on any atom is 0.371 e. The maximum absolute atomic E-state index is 11.3. The van der Waals surface area contributed by atoms with E-state index in [-0.39, 0.29) is 17.3 Å². The lowest BCUT2D eigenvalue weighted by molar-refractivity contribution is 0.00652. The van der Waals surface area contributed by atoms with E-state index >= 15 is 0 Å². The maximum atomic E-state index is 11.3. The van der Waals surface area contributed by atoms with E-state index in [0.717, 1.165) is 60.8 Å². The molecule has 2 aromatic carbocycles. The van der Waals surface area contributed by atoms with Gasteiger partial charge in [0.25, 0.3) is 0 Å². The van der Waals surface area contributed by atoms with E-state index in [4.69, 9.17) is 9.15 Å². The van der Waals surface area contributed by atoms with Gasteiger partial charge < -0.3 is 19.4 Å². The van der Waals surface area contributed by atoms with E-state index in [1.807, 2.05) is 18.2 Å². The number of hydrogen-bond donors (Lipinski definition) is 2. The third-order valence-corrected chi connectivity index (χ3v) is 7.16. The second kappa shape index (κ2) is 8.99. The fourth-order valence-electron chi connectivity index (χ4n) is 5.14. The molecule has 0 spiro atoms. The fourth-order valence-corrected chi connectivity index (χ4v) is 5.14. The number of aliphatic hydroxyl groups is 1. The Bertz CT molecular complexity index is 1110. The Labute approximate surface area is 189 Å². The standard InChI is InChI=1S/C27H32O5/c1-4-27(5-2,20-11-13-23-18(15-20)16-25(32-23)26(29)30)19-10-12-22(17(3)14-19)31-24-9-7-6-8-21(24)28/h10-16,21,24,28H,4-9H2,1-3H3,(H,29,30)/t21-,24+/m0/s1. The SMILES string of the molecule is CCC(CC)(c1ccc(O[C@@H]2CCCC[C@@H]2O)c(C)c1)c1ccc2oc(C(=O)O)cc2c1. The van der Waals surface area contributed by atoms with E-state index in [1.165, 1.54) is 5.56 Å². The molecule has 0 bridgehead atoms. The number of carboxylic acids is 1. The molecule has 2 N–H and O–H groups in total. The van der Waals surface area contributed by atoms with Crippen molar-refractivity contribution in [2.75, 3.05) is 0 Å². The molecule has 1 saturated carbocycles.